The Bertz CT molecular complexity index is 310. The van der Waals surface area contributed by atoms with Gasteiger partial charge in [0.15, 0.2) is 0 Å². The number of hydrogen-bond donors (Lipinski definition) is 1. The summed E-state index contributed by atoms with van der Waals surface area (Å²) in [7, 11) is 0. The Morgan fingerprint density at radius 1 is 1.33 bits per heavy atom. The van der Waals surface area contributed by atoms with Crippen molar-refractivity contribution in [1.82, 2.24) is 9.97 Å². The Balaban J connectivity index is 3.12. The number of carbonyl (C=O) groups is 2. The van der Waals surface area contributed by atoms with Gasteiger partial charge in [0.25, 0.3) is 5.91 Å². The minimum absolute atomic E-state index is 0.0463. The molecule has 1 aromatic rings. The van der Waals surface area contributed by atoms with E-state index < -0.39 is 5.91 Å². The molecule has 1 rings (SSSR count). The summed E-state index contributed by atoms with van der Waals surface area (Å²) in [5.74, 6) is -0.670. The van der Waals surface area contributed by atoms with Crippen molar-refractivity contribution in [2.45, 2.75) is 0 Å². The fraction of sp³-hybridized carbons (Fsp3) is 0. The van der Waals surface area contributed by atoms with E-state index in [0.717, 1.165) is 6.33 Å². The standard InChI is InChI=1S/C6H4IN3O2/c7-5(11)3-1-4(6(8)12)10-2-9-3/h1-2H,(H2,8,12). The van der Waals surface area contributed by atoms with Gasteiger partial charge in [-0.2, -0.15) is 0 Å². The van der Waals surface area contributed by atoms with Gasteiger partial charge in [-0.1, -0.05) is 0 Å². The van der Waals surface area contributed by atoms with Crippen molar-refractivity contribution in [2.24, 2.45) is 5.73 Å². The highest BCUT2D eigenvalue weighted by Gasteiger charge is 2.07. The van der Waals surface area contributed by atoms with E-state index in [4.69, 9.17) is 5.73 Å². The summed E-state index contributed by atoms with van der Waals surface area (Å²) in [5, 5.41) is 0. The molecule has 5 nitrogen and oxygen atoms in total. The topological polar surface area (TPSA) is 85.9 Å². The van der Waals surface area contributed by atoms with Crippen LogP contribution in [0.25, 0.3) is 0 Å². The number of primary amides is 1. The molecule has 0 unspecified atom stereocenters. The molecule has 0 saturated carbocycles. The number of amides is 1. The van der Waals surface area contributed by atoms with Crippen LogP contribution in [-0.4, -0.2) is 19.7 Å². The van der Waals surface area contributed by atoms with Crippen LogP contribution >= 0.6 is 22.6 Å². The Kier molecular flexibility index (Phi) is 2.69. The molecule has 2 N–H and O–H groups in total. The molecule has 0 aliphatic carbocycles. The average Bonchev–Trinajstić information content (AvgIpc) is 2.04. The van der Waals surface area contributed by atoms with Gasteiger partial charge < -0.3 is 5.73 Å². The van der Waals surface area contributed by atoms with Crippen LogP contribution in [-0.2, 0) is 0 Å². The van der Waals surface area contributed by atoms with Crippen LogP contribution in [0.2, 0.25) is 0 Å². The monoisotopic (exact) mass is 277 g/mol. The minimum atomic E-state index is -0.670. The molecule has 0 atom stereocenters. The van der Waals surface area contributed by atoms with Crippen LogP contribution in [0.15, 0.2) is 12.4 Å². The Labute approximate surface area is 81.5 Å². The minimum Gasteiger partial charge on any atom is -0.364 e. The predicted molar refractivity (Wildman–Crippen MR) is 48.9 cm³/mol. The maximum absolute atomic E-state index is 10.8. The summed E-state index contributed by atoms with van der Waals surface area (Å²) in [6.45, 7) is 0. The second-order valence-electron chi connectivity index (χ2n) is 1.93. The van der Waals surface area contributed by atoms with Crippen LogP contribution in [0.1, 0.15) is 21.0 Å². The van der Waals surface area contributed by atoms with E-state index in [1.807, 2.05) is 0 Å². The van der Waals surface area contributed by atoms with Gasteiger partial charge in [0, 0.05) is 22.6 Å². The summed E-state index contributed by atoms with van der Waals surface area (Å²) in [5.41, 5.74) is 5.17. The molecule has 0 radical (unpaired) electrons. The van der Waals surface area contributed by atoms with Crippen LogP contribution in [0.5, 0.6) is 0 Å². The molecule has 12 heavy (non-hydrogen) atoms. The molecule has 0 spiro atoms. The third-order valence-corrected chi connectivity index (χ3v) is 1.67. The molecular weight excluding hydrogens is 273 g/mol. The van der Waals surface area contributed by atoms with Gasteiger partial charge in [-0.25, -0.2) is 9.97 Å². The fourth-order valence-electron chi connectivity index (χ4n) is 0.600. The first-order valence-corrected chi connectivity index (χ1v) is 4.01. The molecule has 0 aliphatic heterocycles. The van der Waals surface area contributed by atoms with Gasteiger partial charge in [0.05, 0.1) is 0 Å². The quantitative estimate of drug-likeness (QED) is 0.616. The first-order chi connectivity index (χ1) is 5.61. The summed E-state index contributed by atoms with van der Waals surface area (Å²) >= 11 is 1.57. The van der Waals surface area contributed by atoms with Crippen LogP contribution in [0.3, 0.4) is 0 Å². The third-order valence-electron chi connectivity index (χ3n) is 1.12. The Hall–Kier alpha value is -1.05. The zero-order valence-corrected chi connectivity index (χ0v) is 7.98. The molecule has 0 fully saturated rings. The Morgan fingerprint density at radius 2 is 1.92 bits per heavy atom. The van der Waals surface area contributed by atoms with Crippen LogP contribution in [0, 0.1) is 0 Å². The van der Waals surface area contributed by atoms with Crippen LogP contribution in [0.4, 0.5) is 0 Å². The molecule has 1 amide bonds. The van der Waals surface area contributed by atoms with Crippen molar-refractivity contribution in [3.05, 3.63) is 23.8 Å². The van der Waals surface area contributed by atoms with E-state index in [-0.39, 0.29) is 15.2 Å². The van der Waals surface area contributed by atoms with Crippen molar-refractivity contribution in [1.29, 1.82) is 0 Å². The number of hydrogen-bond acceptors (Lipinski definition) is 4. The van der Waals surface area contributed by atoms with Crippen molar-refractivity contribution < 1.29 is 9.59 Å². The number of nitrogens with two attached hydrogens (primary N) is 1. The summed E-state index contributed by atoms with van der Waals surface area (Å²) < 4.78 is -0.252. The lowest BCUT2D eigenvalue weighted by Crippen LogP contribution is -2.14. The van der Waals surface area contributed by atoms with Crippen molar-refractivity contribution in [3.63, 3.8) is 0 Å². The van der Waals surface area contributed by atoms with E-state index in [1.54, 1.807) is 22.6 Å². The zero-order valence-electron chi connectivity index (χ0n) is 5.82. The predicted octanol–water partition coefficient (Wildman–Crippen LogP) is 0.151. The maximum Gasteiger partial charge on any atom is 0.267 e. The van der Waals surface area contributed by atoms with E-state index in [2.05, 4.69) is 9.97 Å². The zero-order chi connectivity index (χ0) is 9.14. The highest BCUT2D eigenvalue weighted by atomic mass is 127. The molecule has 1 heterocycles. The first kappa shape index (κ1) is 9.04. The van der Waals surface area contributed by atoms with Gasteiger partial charge in [0.1, 0.15) is 17.7 Å². The van der Waals surface area contributed by atoms with Gasteiger partial charge >= 0.3 is 0 Å². The lowest BCUT2D eigenvalue weighted by molar-refractivity contribution is 0.0995. The van der Waals surface area contributed by atoms with E-state index in [0.29, 0.717) is 0 Å². The smallest absolute Gasteiger partial charge is 0.267 e. The average molecular weight is 277 g/mol. The lowest BCUT2D eigenvalue weighted by Gasteiger charge is -1.94. The molecule has 0 aromatic carbocycles. The number of aromatic nitrogens is 2. The van der Waals surface area contributed by atoms with E-state index >= 15 is 0 Å². The molecule has 62 valence electrons. The number of carbonyl (C=O) groups excluding carboxylic acids is 2. The lowest BCUT2D eigenvalue weighted by atomic mass is 10.3. The normalized spacial score (nSPS) is 9.42. The van der Waals surface area contributed by atoms with Gasteiger partial charge in [-0.3, -0.25) is 9.59 Å². The van der Waals surface area contributed by atoms with E-state index in [1.165, 1.54) is 6.07 Å². The summed E-state index contributed by atoms with van der Waals surface area (Å²) in [4.78, 5) is 28.6. The molecule has 0 bridgehead atoms. The number of rotatable bonds is 2. The van der Waals surface area contributed by atoms with Crippen LogP contribution < -0.4 is 5.73 Å². The first-order valence-electron chi connectivity index (χ1n) is 2.93. The molecule has 0 aliphatic rings. The second-order valence-corrected chi connectivity index (χ2v) is 2.91. The Morgan fingerprint density at radius 3 is 2.42 bits per heavy atom. The van der Waals surface area contributed by atoms with Crippen molar-refractivity contribution in [2.75, 3.05) is 0 Å². The van der Waals surface area contributed by atoms with E-state index in [9.17, 15) is 9.59 Å². The van der Waals surface area contributed by atoms with Crippen molar-refractivity contribution >= 4 is 32.3 Å². The van der Waals surface area contributed by atoms with Gasteiger partial charge in [0.2, 0.25) is 3.79 Å². The number of halogens is 1. The highest BCUT2D eigenvalue weighted by Crippen LogP contribution is 2.02. The SMILES string of the molecule is NC(=O)c1cc(C(=O)I)ncn1. The maximum atomic E-state index is 10.8. The summed E-state index contributed by atoms with van der Waals surface area (Å²) in [6.07, 6.45) is 1.13. The fourth-order valence-corrected chi connectivity index (χ4v) is 0.895. The molecular formula is C6H4IN3O2. The van der Waals surface area contributed by atoms with Crippen molar-refractivity contribution in [3.8, 4) is 0 Å². The molecule has 0 saturated heterocycles. The molecule has 1 aromatic heterocycles. The highest BCUT2D eigenvalue weighted by molar-refractivity contribution is 14.1. The number of nitrogens with zero attached hydrogens (tertiary/aromatic N) is 2. The second kappa shape index (κ2) is 3.57. The third kappa shape index (κ3) is 1.97. The van der Waals surface area contributed by atoms with Gasteiger partial charge in [-0.15, -0.1) is 0 Å². The molecule has 6 heteroatoms. The summed E-state index contributed by atoms with van der Waals surface area (Å²) in [6, 6.07) is 1.26. The van der Waals surface area contributed by atoms with Gasteiger partial charge in [-0.05, 0) is 6.07 Å². The largest absolute Gasteiger partial charge is 0.364 e.